The van der Waals surface area contributed by atoms with E-state index in [0.29, 0.717) is 31.2 Å². The third-order valence-corrected chi connectivity index (χ3v) is 5.33. The maximum atomic E-state index is 12.2. The first-order valence-electron chi connectivity index (χ1n) is 8.43. The summed E-state index contributed by atoms with van der Waals surface area (Å²) in [4.78, 5) is 16.1. The number of ether oxygens (including phenoxy) is 1. The summed E-state index contributed by atoms with van der Waals surface area (Å²) in [6.45, 7) is 9.85. The highest BCUT2D eigenvalue weighted by Crippen LogP contribution is 2.31. The van der Waals surface area contributed by atoms with Crippen molar-refractivity contribution in [3.05, 3.63) is 33.3 Å². The number of piperazine rings is 1. The van der Waals surface area contributed by atoms with Crippen molar-refractivity contribution in [2.75, 3.05) is 26.2 Å². The summed E-state index contributed by atoms with van der Waals surface area (Å²) in [5, 5.41) is 10.9. The van der Waals surface area contributed by atoms with Crippen molar-refractivity contribution in [1.29, 1.82) is 0 Å². The molecule has 1 N–H and O–H groups in total. The van der Waals surface area contributed by atoms with Crippen LogP contribution in [0.25, 0.3) is 0 Å². The molecule has 2 rings (SSSR count). The molecule has 1 heterocycles. The third kappa shape index (κ3) is 5.58. The average Bonchev–Trinajstić information content (AvgIpc) is 2.49. The first-order chi connectivity index (χ1) is 11.6. The molecule has 1 amide bonds. The van der Waals surface area contributed by atoms with Crippen molar-refractivity contribution in [3.63, 3.8) is 0 Å². The van der Waals surface area contributed by atoms with Crippen LogP contribution in [0.1, 0.15) is 39.3 Å². The van der Waals surface area contributed by atoms with Crippen molar-refractivity contribution >= 4 is 33.6 Å². The first kappa shape index (κ1) is 20.5. The Morgan fingerprint density at radius 2 is 1.88 bits per heavy atom. The minimum Gasteiger partial charge on any atom is -0.444 e. The van der Waals surface area contributed by atoms with Crippen LogP contribution in [-0.4, -0.2) is 58.9 Å². The lowest BCUT2D eigenvalue weighted by atomic mass is 10.00. The molecule has 5 nitrogen and oxygen atoms in total. The molecule has 140 valence electrons. The standard InChI is InChI=1S/C18H26BrClN2O3/c1-12(23)16(13-5-6-14(19)15(20)11-13)21-7-9-22(10-8-21)17(24)25-18(2,3)4/h5-6,11-12,16,23H,7-10H2,1-4H3. The molecule has 0 spiro atoms. The van der Waals surface area contributed by atoms with Gasteiger partial charge in [-0.25, -0.2) is 4.79 Å². The van der Waals surface area contributed by atoms with E-state index in [9.17, 15) is 9.90 Å². The van der Waals surface area contributed by atoms with Gasteiger partial charge in [-0.1, -0.05) is 17.7 Å². The predicted octanol–water partition coefficient (Wildman–Crippen LogP) is 4.08. The van der Waals surface area contributed by atoms with E-state index in [2.05, 4.69) is 20.8 Å². The van der Waals surface area contributed by atoms with Crippen LogP contribution in [0.4, 0.5) is 4.79 Å². The second-order valence-corrected chi connectivity index (χ2v) is 8.62. The van der Waals surface area contributed by atoms with Gasteiger partial charge in [-0.2, -0.15) is 0 Å². The van der Waals surface area contributed by atoms with Crippen LogP contribution < -0.4 is 0 Å². The van der Waals surface area contributed by atoms with Gasteiger partial charge in [0, 0.05) is 30.7 Å². The van der Waals surface area contributed by atoms with E-state index in [1.807, 2.05) is 39.0 Å². The van der Waals surface area contributed by atoms with Gasteiger partial charge in [0.15, 0.2) is 0 Å². The minimum absolute atomic E-state index is 0.161. The number of hydrogen-bond acceptors (Lipinski definition) is 4. The number of benzene rings is 1. The molecule has 1 saturated heterocycles. The smallest absolute Gasteiger partial charge is 0.410 e. The zero-order valence-corrected chi connectivity index (χ0v) is 17.5. The second kappa shape index (κ2) is 8.25. The highest BCUT2D eigenvalue weighted by molar-refractivity contribution is 9.10. The molecule has 7 heteroatoms. The van der Waals surface area contributed by atoms with E-state index >= 15 is 0 Å². The van der Waals surface area contributed by atoms with Gasteiger partial charge in [-0.15, -0.1) is 0 Å². The van der Waals surface area contributed by atoms with Crippen LogP contribution in [0, 0.1) is 0 Å². The normalized spacial score (nSPS) is 18.8. The van der Waals surface area contributed by atoms with Gasteiger partial charge in [-0.3, -0.25) is 4.90 Å². The zero-order chi connectivity index (χ0) is 18.8. The monoisotopic (exact) mass is 432 g/mol. The van der Waals surface area contributed by atoms with Crippen molar-refractivity contribution in [1.82, 2.24) is 9.80 Å². The topological polar surface area (TPSA) is 53.0 Å². The third-order valence-electron chi connectivity index (χ3n) is 4.10. The van der Waals surface area contributed by atoms with Crippen LogP contribution in [-0.2, 0) is 4.74 Å². The van der Waals surface area contributed by atoms with Gasteiger partial charge in [0.25, 0.3) is 0 Å². The number of nitrogens with zero attached hydrogens (tertiary/aromatic N) is 2. The molecular weight excluding hydrogens is 408 g/mol. The summed E-state index contributed by atoms with van der Waals surface area (Å²) in [5.41, 5.74) is 0.471. The van der Waals surface area contributed by atoms with Crippen LogP contribution in [0.3, 0.4) is 0 Å². The SMILES string of the molecule is CC(O)C(c1ccc(Br)c(Cl)c1)N1CCN(C(=O)OC(C)(C)C)CC1. The van der Waals surface area contributed by atoms with Crippen LogP contribution >= 0.6 is 27.5 Å². The fourth-order valence-corrected chi connectivity index (χ4v) is 3.44. The molecule has 1 aliphatic rings. The molecular formula is C18H26BrClN2O3. The maximum absolute atomic E-state index is 12.2. The Kier molecular flexibility index (Phi) is 6.76. The van der Waals surface area contributed by atoms with Crippen molar-refractivity contribution < 1.29 is 14.6 Å². The molecule has 1 aromatic rings. The van der Waals surface area contributed by atoms with Crippen molar-refractivity contribution in [2.24, 2.45) is 0 Å². The van der Waals surface area contributed by atoms with Gasteiger partial charge < -0.3 is 14.7 Å². The molecule has 2 unspecified atom stereocenters. The zero-order valence-electron chi connectivity index (χ0n) is 15.1. The molecule has 0 aliphatic carbocycles. The minimum atomic E-state index is -0.551. The fourth-order valence-electron chi connectivity index (χ4n) is 3.00. The average molecular weight is 434 g/mol. The van der Waals surface area contributed by atoms with Gasteiger partial charge in [-0.05, 0) is 61.3 Å². The number of rotatable bonds is 3. The summed E-state index contributed by atoms with van der Waals surface area (Å²) < 4.78 is 6.26. The highest BCUT2D eigenvalue weighted by Gasteiger charge is 2.31. The van der Waals surface area contributed by atoms with E-state index in [-0.39, 0.29) is 12.1 Å². The molecule has 1 fully saturated rings. The number of halogens is 2. The molecule has 2 atom stereocenters. The Morgan fingerprint density at radius 3 is 2.36 bits per heavy atom. The lowest BCUT2D eigenvalue weighted by Gasteiger charge is -2.40. The lowest BCUT2D eigenvalue weighted by molar-refractivity contribution is -0.00247. The summed E-state index contributed by atoms with van der Waals surface area (Å²) in [6, 6.07) is 5.58. The number of carbonyl (C=O) groups excluding carboxylic acids is 1. The quantitative estimate of drug-likeness (QED) is 0.780. The number of aliphatic hydroxyl groups is 1. The van der Waals surface area contributed by atoms with Crippen molar-refractivity contribution in [2.45, 2.75) is 45.4 Å². The fraction of sp³-hybridized carbons (Fsp3) is 0.611. The largest absolute Gasteiger partial charge is 0.444 e. The Bertz CT molecular complexity index is 611. The summed E-state index contributed by atoms with van der Waals surface area (Å²) in [6.07, 6.45) is -0.835. The number of carbonyl (C=O) groups is 1. The number of amides is 1. The summed E-state index contributed by atoms with van der Waals surface area (Å²) in [7, 11) is 0. The second-order valence-electron chi connectivity index (χ2n) is 7.36. The molecule has 0 aromatic heterocycles. The Labute approximate surface area is 163 Å². The molecule has 0 bridgehead atoms. The van der Waals surface area contributed by atoms with Crippen LogP contribution in [0.5, 0.6) is 0 Å². The summed E-state index contributed by atoms with van der Waals surface area (Å²) >= 11 is 9.60. The molecule has 1 aliphatic heterocycles. The Morgan fingerprint density at radius 1 is 1.28 bits per heavy atom. The van der Waals surface area contributed by atoms with Crippen LogP contribution in [0.2, 0.25) is 5.02 Å². The van der Waals surface area contributed by atoms with Gasteiger partial charge >= 0.3 is 6.09 Å². The van der Waals surface area contributed by atoms with E-state index in [0.717, 1.165) is 10.0 Å². The first-order valence-corrected chi connectivity index (χ1v) is 9.60. The van der Waals surface area contributed by atoms with E-state index in [1.54, 1.807) is 11.8 Å². The van der Waals surface area contributed by atoms with E-state index in [4.69, 9.17) is 16.3 Å². The molecule has 25 heavy (non-hydrogen) atoms. The van der Waals surface area contributed by atoms with Crippen molar-refractivity contribution in [3.8, 4) is 0 Å². The molecule has 0 saturated carbocycles. The van der Waals surface area contributed by atoms with E-state index in [1.165, 1.54) is 0 Å². The lowest BCUT2D eigenvalue weighted by Crippen LogP contribution is -2.52. The van der Waals surface area contributed by atoms with Gasteiger partial charge in [0.1, 0.15) is 5.60 Å². The molecule has 1 aromatic carbocycles. The van der Waals surface area contributed by atoms with Crippen LogP contribution in [0.15, 0.2) is 22.7 Å². The van der Waals surface area contributed by atoms with Gasteiger partial charge in [0.05, 0.1) is 17.2 Å². The molecule has 0 radical (unpaired) electrons. The Balaban J connectivity index is 2.05. The summed E-state index contributed by atoms with van der Waals surface area (Å²) in [5.74, 6) is 0. The predicted molar refractivity (Wildman–Crippen MR) is 103 cm³/mol. The van der Waals surface area contributed by atoms with E-state index < -0.39 is 11.7 Å². The van der Waals surface area contributed by atoms with Gasteiger partial charge in [0.2, 0.25) is 0 Å². The maximum Gasteiger partial charge on any atom is 0.410 e. The number of hydrogen-bond donors (Lipinski definition) is 1. The number of aliphatic hydroxyl groups excluding tert-OH is 1. The Hall–Kier alpha value is -0.820. The highest BCUT2D eigenvalue weighted by atomic mass is 79.9.